The molecule has 1 atom stereocenters. The van der Waals surface area contributed by atoms with Gasteiger partial charge in [0.05, 0.1) is 12.3 Å². The van der Waals surface area contributed by atoms with E-state index >= 15 is 0 Å². The second-order valence-electron chi connectivity index (χ2n) is 9.62. The molecule has 0 spiro atoms. The van der Waals surface area contributed by atoms with Crippen molar-refractivity contribution >= 4 is 11.1 Å². The number of alkyl halides is 5. The van der Waals surface area contributed by atoms with Gasteiger partial charge in [-0.15, -0.1) is 8.78 Å². The Hall–Kier alpha value is -4.60. The number of fused-ring (bicyclic) bond motifs is 1. The first-order valence-corrected chi connectivity index (χ1v) is 13.9. The van der Waals surface area contributed by atoms with E-state index < -0.39 is 29.2 Å². The molecule has 2 aromatic heterocycles. The van der Waals surface area contributed by atoms with Gasteiger partial charge in [0, 0.05) is 28.6 Å². The van der Waals surface area contributed by atoms with E-state index in [0.717, 1.165) is 6.20 Å². The lowest BCUT2D eigenvalue weighted by Crippen LogP contribution is -2.25. The molecule has 0 aliphatic carbocycles. The van der Waals surface area contributed by atoms with E-state index in [1.807, 2.05) is 0 Å². The normalized spacial score (nSPS) is 14.6. The largest absolute Gasteiger partial charge is 0.768 e. The number of aromatic nitrogens is 3. The molecule has 1 unspecified atom stereocenters. The van der Waals surface area contributed by atoms with Crippen LogP contribution in [0.5, 0.6) is 11.5 Å². The number of nitrogens with zero attached hydrogens (tertiary/aromatic N) is 3. The van der Waals surface area contributed by atoms with E-state index in [2.05, 4.69) is 19.4 Å². The molecule has 1 aliphatic rings. The van der Waals surface area contributed by atoms with E-state index in [4.69, 9.17) is 4.42 Å². The summed E-state index contributed by atoms with van der Waals surface area (Å²) in [5.74, 6) is -0.408. The zero-order chi connectivity index (χ0) is 31.4. The highest BCUT2D eigenvalue weighted by molar-refractivity contribution is 7.79. The van der Waals surface area contributed by atoms with Crippen LogP contribution in [-0.4, -0.2) is 41.3 Å². The van der Waals surface area contributed by atoms with Crippen LogP contribution in [0.2, 0.25) is 0 Å². The summed E-state index contributed by atoms with van der Waals surface area (Å²) in [5, 5.41) is 9.57. The molecule has 1 aliphatic heterocycles. The first-order valence-electron chi connectivity index (χ1n) is 12.8. The maximum absolute atomic E-state index is 13.7. The first-order chi connectivity index (χ1) is 20.8. The second kappa shape index (κ2) is 10.8. The van der Waals surface area contributed by atoms with Gasteiger partial charge in [0.15, 0.2) is 28.8 Å². The maximum Gasteiger partial charge on any atom is 0.586 e. The number of oxazole rings is 1. The fraction of sp³-hybridized carbons (Fsp3) is 0.172. The summed E-state index contributed by atoms with van der Waals surface area (Å²) >= 11 is -2.53. The highest BCUT2D eigenvalue weighted by Crippen LogP contribution is 2.45. The minimum atomic E-state index is -4.73. The van der Waals surface area contributed by atoms with Gasteiger partial charge in [-0.05, 0) is 71.6 Å². The molecule has 15 heteroatoms. The molecule has 0 amide bonds. The van der Waals surface area contributed by atoms with E-state index in [-0.39, 0.29) is 69.4 Å². The van der Waals surface area contributed by atoms with Gasteiger partial charge >= 0.3 is 12.5 Å². The van der Waals surface area contributed by atoms with Crippen molar-refractivity contribution in [2.75, 3.05) is 6.61 Å². The number of halogens is 5. The van der Waals surface area contributed by atoms with Crippen molar-refractivity contribution in [3.8, 4) is 50.9 Å². The Morgan fingerprint density at radius 2 is 1.70 bits per heavy atom. The highest BCUT2D eigenvalue weighted by atomic mass is 32.2. The third-order valence-corrected chi connectivity index (χ3v) is 7.34. The average Bonchev–Trinajstić information content (AvgIpc) is 3.66. The van der Waals surface area contributed by atoms with Crippen LogP contribution in [0.25, 0.3) is 39.4 Å². The standard InChI is InChI=1S/C29H20F5N3O6S/c1-15-35-24(28(30,31)32)14-37(15)21-7-5-17(16-3-2-4-19(11-16)44(39)40)12-20(21)26-27(41-25(36-26)9-10-38)18-6-8-22-23(13-18)43-29(33,34)42-22/h2-8,11-14,38H,9-10H2,1H3,(H,39,40)/p-1. The van der Waals surface area contributed by atoms with Gasteiger partial charge in [-0.3, -0.25) is 4.21 Å². The minimum Gasteiger partial charge on any atom is -0.768 e. The number of imidazole rings is 1. The predicted molar refractivity (Wildman–Crippen MR) is 144 cm³/mol. The first kappa shape index (κ1) is 29.5. The number of benzene rings is 3. The number of aliphatic hydroxyl groups is 1. The molecule has 0 radical (unpaired) electrons. The van der Waals surface area contributed by atoms with Crippen LogP contribution in [0.15, 0.2) is 76.2 Å². The van der Waals surface area contributed by atoms with Gasteiger partial charge in [-0.1, -0.05) is 18.2 Å². The highest BCUT2D eigenvalue weighted by Gasteiger charge is 2.43. The summed E-state index contributed by atoms with van der Waals surface area (Å²) in [4.78, 5) is 8.20. The lowest BCUT2D eigenvalue weighted by atomic mass is 9.98. The molecule has 5 aromatic rings. The summed E-state index contributed by atoms with van der Waals surface area (Å²) < 4.78 is 108. The quantitative estimate of drug-likeness (QED) is 0.164. The van der Waals surface area contributed by atoms with Gasteiger partial charge in [-0.25, -0.2) is 9.97 Å². The molecule has 6 rings (SSSR count). The lowest BCUT2D eigenvalue weighted by Gasteiger charge is -2.15. The Labute approximate surface area is 247 Å². The third kappa shape index (κ3) is 5.56. The van der Waals surface area contributed by atoms with Gasteiger partial charge in [0.25, 0.3) is 0 Å². The summed E-state index contributed by atoms with van der Waals surface area (Å²) in [7, 11) is 0. The number of aryl methyl sites for hydroxylation is 1. The molecule has 0 fully saturated rings. The van der Waals surface area contributed by atoms with Crippen LogP contribution in [-0.2, 0) is 23.7 Å². The SMILES string of the molecule is Cc1nc(C(F)(F)F)cn1-c1ccc(-c2cccc(S(=O)[O-])c2)cc1-c1nc(CCO)oc1-c1ccc2c(c1)OC(F)(F)O2. The Balaban J connectivity index is 1.59. The Morgan fingerprint density at radius 1 is 0.977 bits per heavy atom. The van der Waals surface area contributed by atoms with Gasteiger partial charge in [0.2, 0.25) is 0 Å². The summed E-state index contributed by atoms with van der Waals surface area (Å²) in [6.07, 6.45) is -7.82. The fourth-order valence-corrected chi connectivity index (χ4v) is 5.20. The van der Waals surface area contributed by atoms with Crippen LogP contribution in [0, 0.1) is 6.92 Å². The zero-order valence-electron chi connectivity index (χ0n) is 22.4. The van der Waals surface area contributed by atoms with Crippen LogP contribution in [0.3, 0.4) is 0 Å². The number of ether oxygens (including phenoxy) is 2. The van der Waals surface area contributed by atoms with Crippen LogP contribution in [0.4, 0.5) is 22.0 Å². The third-order valence-electron chi connectivity index (χ3n) is 6.70. The fourth-order valence-electron chi connectivity index (χ4n) is 4.78. The molecule has 228 valence electrons. The Bertz CT molecular complexity index is 1920. The van der Waals surface area contributed by atoms with Crippen molar-refractivity contribution in [2.45, 2.75) is 30.7 Å². The van der Waals surface area contributed by atoms with E-state index in [1.54, 1.807) is 18.2 Å². The number of hydrogen-bond donors (Lipinski definition) is 1. The molecule has 1 N–H and O–H groups in total. The van der Waals surface area contributed by atoms with Gasteiger partial charge in [-0.2, -0.15) is 13.2 Å². The van der Waals surface area contributed by atoms with Crippen molar-refractivity contribution < 1.29 is 49.7 Å². The summed E-state index contributed by atoms with van der Waals surface area (Å²) in [6.45, 7) is 1.03. The average molecular weight is 633 g/mol. The van der Waals surface area contributed by atoms with E-state index in [9.17, 15) is 35.8 Å². The van der Waals surface area contributed by atoms with Crippen molar-refractivity contribution in [1.82, 2.24) is 14.5 Å². The molecule has 0 saturated carbocycles. The van der Waals surface area contributed by atoms with Crippen molar-refractivity contribution in [2.24, 2.45) is 0 Å². The second-order valence-corrected chi connectivity index (χ2v) is 10.6. The van der Waals surface area contributed by atoms with Gasteiger partial charge in [0.1, 0.15) is 11.5 Å². The van der Waals surface area contributed by atoms with Crippen molar-refractivity contribution in [1.29, 1.82) is 0 Å². The molecular formula is C29H19F5N3O6S-. The van der Waals surface area contributed by atoms with Crippen LogP contribution < -0.4 is 9.47 Å². The Kier molecular flexibility index (Phi) is 7.26. The van der Waals surface area contributed by atoms with Crippen molar-refractivity contribution in [3.63, 3.8) is 0 Å². The lowest BCUT2D eigenvalue weighted by molar-refractivity contribution is -0.286. The zero-order valence-corrected chi connectivity index (χ0v) is 23.2. The molecule has 44 heavy (non-hydrogen) atoms. The molecule has 0 bridgehead atoms. The number of rotatable bonds is 7. The topological polar surface area (TPSA) is 123 Å². The molecular weight excluding hydrogens is 613 g/mol. The van der Waals surface area contributed by atoms with E-state index in [1.165, 1.54) is 54.0 Å². The van der Waals surface area contributed by atoms with Gasteiger partial charge < -0.3 is 28.1 Å². The summed E-state index contributed by atoms with van der Waals surface area (Å²) in [6, 6.07) is 14.6. The maximum atomic E-state index is 13.7. The molecule has 3 aromatic carbocycles. The summed E-state index contributed by atoms with van der Waals surface area (Å²) in [5.41, 5.74) is 0.577. The monoisotopic (exact) mass is 632 g/mol. The van der Waals surface area contributed by atoms with E-state index in [0.29, 0.717) is 11.1 Å². The Morgan fingerprint density at radius 3 is 2.41 bits per heavy atom. The van der Waals surface area contributed by atoms with Crippen LogP contribution >= 0.6 is 0 Å². The number of aliphatic hydroxyl groups excluding tert-OH is 1. The minimum absolute atomic E-state index is 0.000937. The molecule has 3 heterocycles. The smallest absolute Gasteiger partial charge is 0.586 e. The van der Waals surface area contributed by atoms with Crippen molar-refractivity contribution in [3.05, 3.63) is 84.3 Å². The van der Waals surface area contributed by atoms with Crippen LogP contribution in [0.1, 0.15) is 17.4 Å². The molecule has 9 nitrogen and oxygen atoms in total. The number of hydrogen-bond acceptors (Lipinski definition) is 8. The predicted octanol–water partition coefficient (Wildman–Crippen LogP) is 6.28. The molecule has 0 saturated heterocycles.